The Balaban J connectivity index is 2.09. The Labute approximate surface area is 142 Å². The Hall–Kier alpha value is -2.38. The lowest BCUT2D eigenvalue weighted by Crippen LogP contribution is -2.46. The zero-order valence-corrected chi connectivity index (χ0v) is 13.9. The average molecular weight is 353 g/mol. The molecule has 134 valence electrons. The molecular weight excluding hydrogens is 335 g/mol. The number of fused-ring (bicyclic) bond motifs is 1. The molecule has 1 saturated carbocycles. The number of halogens is 3. The van der Waals surface area contributed by atoms with Crippen molar-refractivity contribution in [3.8, 4) is 0 Å². The predicted molar refractivity (Wildman–Crippen MR) is 86.3 cm³/mol. The van der Waals surface area contributed by atoms with Crippen LogP contribution in [0.2, 0.25) is 0 Å². The molecule has 1 fully saturated rings. The van der Waals surface area contributed by atoms with E-state index in [0.717, 1.165) is 22.4 Å². The van der Waals surface area contributed by atoms with Crippen LogP contribution in [0.3, 0.4) is 0 Å². The molecule has 1 aromatic carbocycles. The molecule has 1 aliphatic rings. The molecule has 0 radical (unpaired) electrons. The Morgan fingerprint density at radius 2 is 1.92 bits per heavy atom. The number of nitrogens with zero attached hydrogens (tertiary/aromatic N) is 3. The van der Waals surface area contributed by atoms with Crippen molar-refractivity contribution < 1.29 is 18.0 Å². The molecule has 0 bridgehead atoms. The summed E-state index contributed by atoms with van der Waals surface area (Å²) in [5.41, 5.74) is -0.529. The summed E-state index contributed by atoms with van der Waals surface area (Å²) in [4.78, 5) is 25.9. The van der Waals surface area contributed by atoms with E-state index in [9.17, 15) is 22.8 Å². The molecule has 0 aliphatic heterocycles. The molecule has 0 N–H and O–H groups in total. The Kier molecular flexibility index (Phi) is 4.30. The third-order valence-corrected chi connectivity index (χ3v) is 4.57. The smallest absolute Gasteiger partial charge is 0.325 e. The second kappa shape index (κ2) is 6.16. The monoisotopic (exact) mass is 353 g/mol. The maximum Gasteiger partial charge on any atom is 0.406 e. The first-order valence-electron chi connectivity index (χ1n) is 8.03. The summed E-state index contributed by atoms with van der Waals surface area (Å²) in [5, 5.41) is 4.49. The van der Waals surface area contributed by atoms with Crippen molar-refractivity contribution in [3.05, 3.63) is 40.3 Å². The Morgan fingerprint density at radius 1 is 1.32 bits per heavy atom. The molecular formula is C17H18F3N3O2. The van der Waals surface area contributed by atoms with Gasteiger partial charge in [0.05, 0.1) is 5.39 Å². The number of aromatic nitrogens is 2. The van der Waals surface area contributed by atoms with Crippen LogP contribution in [-0.4, -0.2) is 39.4 Å². The molecule has 1 amide bonds. The maximum absolute atomic E-state index is 13.0. The van der Waals surface area contributed by atoms with Gasteiger partial charge in [0.15, 0.2) is 5.69 Å². The highest BCUT2D eigenvalue weighted by atomic mass is 19.4. The fourth-order valence-electron chi connectivity index (χ4n) is 3.02. The van der Waals surface area contributed by atoms with E-state index in [2.05, 4.69) is 5.10 Å². The summed E-state index contributed by atoms with van der Waals surface area (Å²) in [5.74, 6) is -0.728. The van der Waals surface area contributed by atoms with E-state index >= 15 is 0 Å². The molecule has 1 aliphatic carbocycles. The van der Waals surface area contributed by atoms with Gasteiger partial charge in [-0.3, -0.25) is 9.59 Å². The van der Waals surface area contributed by atoms with Gasteiger partial charge in [-0.05, 0) is 31.7 Å². The molecule has 0 spiro atoms. The van der Waals surface area contributed by atoms with E-state index in [-0.39, 0.29) is 22.4 Å². The largest absolute Gasteiger partial charge is 0.406 e. The van der Waals surface area contributed by atoms with E-state index in [1.165, 1.54) is 19.2 Å². The highest BCUT2D eigenvalue weighted by molar-refractivity contribution is 6.04. The lowest BCUT2D eigenvalue weighted by molar-refractivity contribution is -0.144. The van der Waals surface area contributed by atoms with Gasteiger partial charge >= 0.3 is 6.18 Å². The van der Waals surface area contributed by atoms with Crippen molar-refractivity contribution in [1.82, 2.24) is 14.7 Å². The van der Waals surface area contributed by atoms with Gasteiger partial charge in [-0.25, -0.2) is 4.68 Å². The van der Waals surface area contributed by atoms with Crippen LogP contribution in [0, 0.1) is 5.92 Å². The molecule has 1 aromatic heterocycles. The number of hydrogen-bond acceptors (Lipinski definition) is 3. The fraction of sp³-hybridized carbons (Fsp3) is 0.471. The summed E-state index contributed by atoms with van der Waals surface area (Å²) < 4.78 is 40.0. The molecule has 3 rings (SSSR count). The number of carbonyl (C=O) groups is 1. The first kappa shape index (κ1) is 17.4. The van der Waals surface area contributed by atoms with Crippen LogP contribution in [0.1, 0.15) is 30.3 Å². The van der Waals surface area contributed by atoms with Crippen molar-refractivity contribution in [1.29, 1.82) is 0 Å². The third-order valence-electron chi connectivity index (χ3n) is 4.57. The van der Waals surface area contributed by atoms with Crippen LogP contribution in [0.4, 0.5) is 13.2 Å². The van der Waals surface area contributed by atoms with E-state index in [1.54, 1.807) is 19.1 Å². The minimum atomic E-state index is -4.50. The lowest BCUT2D eigenvalue weighted by Gasteiger charge is -2.30. The summed E-state index contributed by atoms with van der Waals surface area (Å²) in [7, 11) is 1.38. The van der Waals surface area contributed by atoms with E-state index < -0.39 is 30.2 Å². The van der Waals surface area contributed by atoms with Gasteiger partial charge in [0.1, 0.15) is 6.54 Å². The second-order valence-corrected chi connectivity index (χ2v) is 6.45. The summed E-state index contributed by atoms with van der Waals surface area (Å²) >= 11 is 0. The van der Waals surface area contributed by atoms with Gasteiger partial charge in [0, 0.05) is 18.5 Å². The Morgan fingerprint density at radius 3 is 2.48 bits per heavy atom. The van der Waals surface area contributed by atoms with Crippen LogP contribution in [0.25, 0.3) is 10.8 Å². The Bertz CT molecular complexity index is 872. The first-order chi connectivity index (χ1) is 11.7. The van der Waals surface area contributed by atoms with Gasteiger partial charge in [-0.15, -0.1) is 0 Å². The molecule has 0 saturated heterocycles. The molecule has 8 heteroatoms. The highest BCUT2D eigenvalue weighted by Gasteiger charge is 2.41. The predicted octanol–water partition coefficient (Wildman–Crippen LogP) is 2.74. The van der Waals surface area contributed by atoms with Crippen molar-refractivity contribution in [3.63, 3.8) is 0 Å². The van der Waals surface area contributed by atoms with E-state index in [1.807, 2.05) is 0 Å². The topological polar surface area (TPSA) is 55.2 Å². The number of hydrogen-bond donors (Lipinski definition) is 0. The fourth-order valence-corrected chi connectivity index (χ4v) is 3.02. The number of carbonyl (C=O) groups excluding carboxylic acids is 1. The molecule has 1 atom stereocenters. The van der Waals surface area contributed by atoms with E-state index in [0.29, 0.717) is 0 Å². The number of benzene rings is 1. The molecule has 5 nitrogen and oxygen atoms in total. The minimum Gasteiger partial charge on any atom is -0.325 e. The quantitative estimate of drug-likeness (QED) is 0.849. The van der Waals surface area contributed by atoms with Crippen LogP contribution < -0.4 is 5.56 Å². The molecule has 2 aromatic rings. The summed E-state index contributed by atoms with van der Waals surface area (Å²) in [6.45, 7) is 0.299. The number of alkyl halides is 3. The number of aryl methyl sites for hydroxylation is 1. The first-order valence-corrected chi connectivity index (χ1v) is 8.03. The van der Waals surface area contributed by atoms with Gasteiger partial charge in [-0.1, -0.05) is 18.2 Å². The molecule has 25 heavy (non-hydrogen) atoms. The normalized spacial score (nSPS) is 16.0. The minimum absolute atomic E-state index is 0.0742. The number of amides is 1. The van der Waals surface area contributed by atoms with Crippen molar-refractivity contribution in [2.75, 3.05) is 6.54 Å². The zero-order valence-electron chi connectivity index (χ0n) is 13.9. The summed E-state index contributed by atoms with van der Waals surface area (Å²) in [6.07, 6.45) is -2.89. The van der Waals surface area contributed by atoms with Gasteiger partial charge < -0.3 is 4.90 Å². The van der Waals surface area contributed by atoms with Crippen molar-refractivity contribution in [2.24, 2.45) is 13.0 Å². The van der Waals surface area contributed by atoms with Gasteiger partial charge in [0.25, 0.3) is 11.5 Å². The van der Waals surface area contributed by atoms with Gasteiger partial charge in [0.2, 0.25) is 0 Å². The SMILES string of the molecule is CC(C1CC1)N(CC(F)(F)F)C(=O)c1nn(C)c(=O)c2ccccc12. The lowest BCUT2D eigenvalue weighted by atomic mass is 10.1. The third kappa shape index (κ3) is 3.52. The van der Waals surface area contributed by atoms with Crippen molar-refractivity contribution in [2.45, 2.75) is 32.0 Å². The average Bonchev–Trinajstić information content (AvgIpc) is 3.39. The van der Waals surface area contributed by atoms with Crippen LogP contribution in [-0.2, 0) is 7.05 Å². The number of rotatable bonds is 4. The van der Waals surface area contributed by atoms with Crippen molar-refractivity contribution >= 4 is 16.7 Å². The second-order valence-electron chi connectivity index (χ2n) is 6.45. The highest BCUT2D eigenvalue weighted by Crippen LogP contribution is 2.36. The van der Waals surface area contributed by atoms with Gasteiger partial charge in [-0.2, -0.15) is 18.3 Å². The summed E-state index contributed by atoms with van der Waals surface area (Å²) in [6, 6.07) is 5.79. The standard InChI is InChI=1S/C17H18F3N3O2/c1-10(11-7-8-11)23(9-17(18,19)20)16(25)14-12-5-3-4-6-13(12)15(24)22(2)21-14/h3-6,10-11H,7-9H2,1-2H3. The van der Waals surface area contributed by atoms with Crippen LogP contribution >= 0.6 is 0 Å². The van der Waals surface area contributed by atoms with Crippen LogP contribution in [0.15, 0.2) is 29.1 Å². The van der Waals surface area contributed by atoms with Crippen LogP contribution in [0.5, 0.6) is 0 Å². The van der Waals surface area contributed by atoms with E-state index in [4.69, 9.17) is 0 Å². The zero-order chi connectivity index (χ0) is 18.4. The molecule has 1 unspecified atom stereocenters. The maximum atomic E-state index is 13.0. The molecule has 1 heterocycles.